The molecule has 2 aromatic carbocycles. The minimum atomic E-state index is -0.218. The largest absolute Gasteiger partial charge is 0.461 e. The third kappa shape index (κ3) is 6.22. The highest BCUT2D eigenvalue weighted by atomic mass is 35.5. The Labute approximate surface area is 221 Å². The first kappa shape index (κ1) is 26.1. The summed E-state index contributed by atoms with van der Waals surface area (Å²) in [7, 11) is 0. The van der Waals surface area contributed by atoms with Gasteiger partial charge in [-0.05, 0) is 79.5 Å². The standard InChI is InChI=1S/C27H31Cl2N3O2S/c1-16(2)22-12-5-17(3)13-24(22)34-25(33)15-35-27-31-30-26(19-7-9-20(28)10-8-19)32(27)21-11-6-18(4)23(29)14-21/h6-11,14,16-17,22,24H,5,12-13,15H2,1-4H3/t17-,22-,24-/m1/s1. The molecule has 3 aromatic rings. The first-order valence-corrected chi connectivity index (χ1v) is 13.8. The lowest BCUT2D eigenvalue weighted by Crippen LogP contribution is -2.36. The van der Waals surface area contributed by atoms with Gasteiger partial charge in [0.1, 0.15) is 6.10 Å². The second-order valence-corrected chi connectivity index (χ2v) is 11.5. The maximum atomic E-state index is 12.9. The first-order valence-electron chi connectivity index (χ1n) is 12.0. The van der Waals surface area contributed by atoms with E-state index >= 15 is 0 Å². The van der Waals surface area contributed by atoms with Crippen LogP contribution in [0.25, 0.3) is 17.1 Å². The lowest BCUT2D eigenvalue weighted by molar-refractivity contribution is -0.152. The zero-order valence-electron chi connectivity index (χ0n) is 20.5. The quantitative estimate of drug-likeness (QED) is 0.231. The number of benzene rings is 2. The topological polar surface area (TPSA) is 57.0 Å². The lowest BCUT2D eigenvalue weighted by atomic mass is 9.75. The van der Waals surface area contributed by atoms with Crippen LogP contribution in [0.5, 0.6) is 0 Å². The molecule has 0 N–H and O–H groups in total. The van der Waals surface area contributed by atoms with Crippen molar-refractivity contribution >= 4 is 40.9 Å². The van der Waals surface area contributed by atoms with E-state index in [-0.39, 0.29) is 17.8 Å². The molecule has 0 spiro atoms. The van der Waals surface area contributed by atoms with Crippen LogP contribution in [0.15, 0.2) is 47.6 Å². The fourth-order valence-corrected chi connectivity index (χ4v) is 5.71. The van der Waals surface area contributed by atoms with E-state index in [0.717, 1.165) is 29.7 Å². The summed E-state index contributed by atoms with van der Waals surface area (Å²) in [5.41, 5.74) is 2.67. The minimum absolute atomic E-state index is 0.0229. The number of hydrogen-bond acceptors (Lipinski definition) is 5. The SMILES string of the molecule is Cc1ccc(-n2c(SCC(=O)O[C@@H]3C[C@H](C)CC[C@@H]3C(C)C)nnc2-c2ccc(Cl)cc2)cc1Cl. The van der Waals surface area contributed by atoms with Gasteiger partial charge in [-0.25, -0.2) is 0 Å². The lowest BCUT2D eigenvalue weighted by Gasteiger charge is -2.36. The van der Waals surface area contributed by atoms with Crippen molar-refractivity contribution in [1.82, 2.24) is 14.8 Å². The number of thioether (sulfide) groups is 1. The molecule has 0 saturated heterocycles. The predicted octanol–water partition coefficient (Wildman–Crippen LogP) is 7.65. The van der Waals surface area contributed by atoms with Crippen molar-refractivity contribution < 1.29 is 9.53 Å². The molecule has 0 radical (unpaired) electrons. The van der Waals surface area contributed by atoms with Gasteiger partial charge in [-0.15, -0.1) is 10.2 Å². The third-order valence-corrected chi connectivity index (χ3v) is 8.27. The van der Waals surface area contributed by atoms with Crippen LogP contribution >= 0.6 is 35.0 Å². The Balaban J connectivity index is 1.57. The molecule has 8 heteroatoms. The van der Waals surface area contributed by atoms with Crippen LogP contribution in [0.4, 0.5) is 0 Å². The number of rotatable bonds is 7. The number of carbonyl (C=O) groups excluding carboxylic acids is 1. The van der Waals surface area contributed by atoms with Crippen LogP contribution < -0.4 is 0 Å². The van der Waals surface area contributed by atoms with Crippen LogP contribution in [0.1, 0.15) is 45.6 Å². The number of hydrogen-bond donors (Lipinski definition) is 0. The summed E-state index contributed by atoms with van der Waals surface area (Å²) >= 11 is 13.8. The molecule has 0 aliphatic heterocycles. The summed E-state index contributed by atoms with van der Waals surface area (Å²) in [6, 6.07) is 13.3. The average molecular weight is 533 g/mol. The highest BCUT2D eigenvalue weighted by Gasteiger charge is 2.33. The van der Waals surface area contributed by atoms with E-state index in [0.29, 0.717) is 38.8 Å². The van der Waals surface area contributed by atoms with E-state index in [4.69, 9.17) is 27.9 Å². The smallest absolute Gasteiger partial charge is 0.316 e. The maximum absolute atomic E-state index is 12.9. The minimum Gasteiger partial charge on any atom is -0.461 e. The van der Waals surface area contributed by atoms with Crippen LogP contribution in [-0.2, 0) is 9.53 Å². The molecule has 1 aliphatic rings. The van der Waals surface area contributed by atoms with Gasteiger partial charge >= 0.3 is 5.97 Å². The van der Waals surface area contributed by atoms with Gasteiger partial charge in [0.2, 0.25) is 0 Å². The average Bonchev–Trinajstić information content (AvgIpc) is 3.24. The molecule has 5 nitrogen and oxygen atoms in total. The summed E-state index contributed by atoms with van der Waals surface area (Å²) in [5.74, 6) is 2.07. The molecule has 3 atom stereocenters. The van der Waals surface area contributed by atoms with E-state index in [1.807, 2.05) is 54.0 Å². The Morgan fingerprint density at radius 2 is 1.89 bits per heavy atom. The molecule has 186 valence electrons. The van der Waals surface area contributed by atoms with E-state index < -0.39 is 0 Å². The second-order valence-electron chi connectivity index (χ2n) is 9.73. The molecule has 1 heterocycles. The van der Waals surface area contributed by atoms with Crippen molar-refractivity contribution in [1.29, 1.82) is 0 Å². The number of aryl methyl sites for hydroxylation is 1. The first-order chi connectivity index (χ1) is 16.7. The second kappa shape index (κ2) is 11.4. The molecule has 0 bridgehead atoms. The van der Waals surface area contributed by atoms with Gasteiger partial charge in [-0.1, -0.05) is 68.2 Å². The molecular formula is C27H31Cl2N3O2S. The molecule has 0 unspecified atom stereocenters. The van der Waals surface area contributed by atoms with Crippen molar-refractivity contribution in [2.45, 2.75) is 58.2 Å². The van der Waals surface area contributed by atoms with Crippen molar-refractivity contribution in [3.8, 4) is 17.1 Å². The Morgan fingerprint density at radius 3 is 2.57 bits per heavy atom. The van der Waals surface area contributed by atoms with Gasteiger partial charge < -0.3 is 4.74 Å². The fourth-order valence-electron chi connectivity index (χ4n) is 4.68. The van der Waals surface area contributed by atoms with Gasteiger partial charge in [0.25, 0.3) is 0 Å². The number of carbonyl (C=O) groups is 1. The zero-order chi connectivity index (χ0) is 25.1. The van der Waals surface area contributed by atoms with Crippen molar-refractivity contribution in [3.05, 3.63) is 58.1 Å². The van der Waals surface area contributed by atoms with E-state index in [1.165, 1.54) is 18.2 Å². The molecular weight excluding hydrogens is 501 g/mol. The Hall–Kier alpha value is -2.02. The molecule has 4 rings (SSSR count). The van der Waals surface area contributed by atoms with Crippen LogP contribution in [-0.4, -0.2) is 32.6 Å². The molecule has 1 fully saturated rings. The van der Waals surface area contributed by atoms with E-state index in [2.05, 4.69) is 31.0 Å². The summed E-state index contributed by atoms with van der Waals surface area (Å²) in [6.45, 7) is 8.62. The van der Waals surface area contributed by atoms with Gasteiger partial charge in [-0.2, -0.15) is 0 Å². The normalized spacial score (nSPS) is 20.3. The predicted molar refractivity (Wildman–Crippen MR) is 143 cm³/mol. The highest BCUT2D eigenvalue weighted by molar-refractivity contribution is 7.99. The van der Waals surface area contributed by atoms with Crippen LogP contribution in [0.3, 0.4) is 0 Å². The fraction of sp³-hybridized carbons (Fsp3) is 0.444. The number of nitrogens with zero attached hydrogens (tertiary/aromatic N) is 3. The summed E-state index contributed by atoms with van der Waals surface area (Å²) < 4.78 is 7.91. The summed E-state index contributed by atoms with van der Waals surface area (Å²) in [4.78, 5) is 12.9. The van der Waals surface area contributed by atoms with Crippen LogP contribution in [0, 0.1) is 24.7 Å². The van der Waals surface area contributed by atoms with Gasteiger partial charge in [0.15, 0.2) is 11.0 Å². The Kier molecular flexibility index (Phi) is 8.46. The van der Waals surface area contributed by atoms with Crippen molar-refractivity contribution in [2.75, 3.05) is 5.75 Å². The number of ether oxygens (including phenoxy) is 1. The molecule has 35 heavy (non-hydrogen) atoms. The molecule has 1 saturated carbocycles. The highest BCUT2D eigenvalue weighted by Crippen LogP contribution is 2.36. The van der Waals surface area contributed by atoms with Crippen molar-refractivity contribution in [3.63, 3.8) is 0 Å². The molecule has 0 amide bonds. The van der Waals surface area contributed by atoms with Gasteiger partial charge in [0, 0.05) is 15.6 Å². The van der Waals surface area contributed by atoms with Gasteiger partial charge in [-0.3, -0.25) is 9.36 Å². The number of halogens is 2. The number of aromatic nitrogens is 3. The molecule has 1 aromatic heterocycles. The summed E-state index contributed by atoms with van der Waals surface area (Å²) in [5, 5.41) is 10.7. The Bertz CT molecular complexity index is 1180. The van der Waals surface area contributed by atoms with E-state index in [9.17, 15) is 4.79 Å². The van der Waals surface area contributed by atoms with E-state index in [1.54, 1.807) is 0 Å². The number of esters is 1. The maximum Gasteiger partial charge on any atom is 0.316 e. The van der Waals surface area contributed by atoms with Crippen molar-refractivity contribution in [2.24, 2.45) is 17.8 Å². The summed E-state index contributed by atoms with van der Waals surface area (Å²) in [6.07, 6.45) is 3.21. The van der Waals surface area contributed by atoms with Gasteiger partial charge in [0.05, 0.1) is 11.4 Å². The Morgan fingerprint density at radius 1 is 1.14 bits per heavy atom. The zero-order valence-corrected chi connectivity index (χ0v) is 22.8. The van der Waals surface area contributed by atoms with Crippen LogP contribution in [0.2, 0.25) is 10.0 Å². The third-order valence-electron chi connectivity index (χ3n) is 6.71. The monoisotopic (exact) mass is 531 g/mol. The molecule has 1 aliphatic carbocycles.